The van der Waals surface area contributed by atoms with E-state index >= 15 is 0 Å². The molecule has 12 atom stereocenters. The minimum atomic E-state index is -1.79. The molecule has 2 aliphatic heterocycles. The number of aliphatic hydroxyl groups excluding tert-OH is 8. The van der Waals surface area contributed by atoms with Crippen molar-refractivity contribution in [1.29, 1.82) is 0 Å². The van der Waals surface area contributed by atoms with Crippen LogP contribution in [-0.4, -0.2) is 140 Å². The standard InChI is InChI=1S/C88H167NO13/c1-3-5-7-9-11-13-15-17-19-21-23-25-27-29-31-32-33-34-35-36-37-38-39-40-41-42-43-44-46-48-50-52-54-56-58-60-62-64-66-68-70-72-80(93)89-76(75-99-87-85(98)83(96)86(79(74-91)101-87)102-88-84(97)82(95)81(94)78(73-90)100-88)77(92)71-69-67-65-63-61-59-57-55-53-51-49-47-45-30-28-26-24-22-20-18-16-14-12-10-8-6-4-2/h21,23,61,63,69,71,76-79,81-88,90-92,94-98H,3-20,22,24-60,62,64-68,70,72-75H2,1-2H3,(H,89,93)/b23-21-,63-61+,71-69+. The molecule has 2 heterocycles. The third-order valence-electron chi connectivity index (χ3n) is 21.8. The Labute approximate surface area is 627 Å². The van der Waals surface area contributed by atoms with Gasteiger partial charge in [-0.05, 0) is 57.8 Å². The average molecular weight is 1450 g/mol. The predicted octanol–water partition coefficient (Wildman–Crippen LogP) is 21.1. The van der Waals surface area contributed by atoms with Crippen molar-refractivity contribution in [3.05, 3.63) is 36.5 Å². The summed E-state index contributed by atoms with van der Waals surface area (Å²) in [5.74, 6) is -0.239. The van der Waals surface area contributed by atoms with E-state index in [0.717, 1.165) is 32.1 Å². The minimum Gasteiger partial charge on any atom is -0.394 e. The van der Waals surface area contributed by atoms with Crippen molar-refractivity contribution in [2.75, 3.05) is 19.8 Å². The fourth-order valence-electron chi connectivity index (χ4n) is 14.8. The van der Waals surface area contributed by atoms with Gasteiger partial charge in [-0.15, -0.1) is 0 Å². The molecule has 12 unspecified atom stereocenters. The maximum Gasteiger partial charge on any atom is 0.220 e. The lowest BCUT2D eigenvalue weighted by Crippen LogP contribution is -2.65. The second-order valence-electron chi connectivity index (χ2n) is 31.4. The number of amides is 1. The van der Waals surface area contributed by atoms with Gasteiger partial charge >= 0.3 is 0 Å². The molecule has 0 spiro atoms. The quantitative estimate of drug-likeness (QED) is 0.0204. The van der Waals surface area contributed by atoms with Crippen LogP contribution in [0.5, 0.6) is 0 Å². The molecule has 0 aliphatic carbocycles. The number of carbonyl (C=O) groups excluding carboxylic acids is 1. The van der Waals surface area contributed by atoms with E-state index in [0.29, 0.717) is 12.8 Å². The fraction of sp³-hybridized carbons (Fsp3) is 0.920. The van der Waals surface area contributed by atoms with Crippen molar-refractivity contribution in [1.82, 2.24) is 5.32 Å². The summed E-state index contributed by atoms with van der Waals surface area (Å²) in [6.07, 6.45) is 79.9. The van der Waals surface area contributed by atoms with Gasteiger partial charge < -0.3 is 65.1 Å². The number of allylic oxidation sites excluding steroid dienone is 5. The highest BCUT2D eigenvalue weighted by atomic mass is 16.7. The second-order valence-corrected chi connectivity index (χ2v) is 31.4. The first-order valence-electron chi connectivity index (χ1n) is 44.2. The minimum absolute atomic E-state index is 0.239. The SMILES string of the molecule is CCCCCCCCCC/C=C\CCCCCCCCCCCCCCCCCCCCCCCCCCCCCCCC(=O)NC(COC1OC(CO)C(OC2OC(CO)C(O)C(O)C2O)C(O)C1O)C(O)/C=C/CC/C=C/CCCCCCCCCCCCCCCCCCCCCCC. The first-order chi connectivity index (χ1) is 50.1. The van der Waals surface area contributed by atoms with Gasteiger partial charge in [-0.25, -0.2) is 0 Å². The molecule has 9 N–H and O–H groups in total. The Hall–Kier alpha value is -1.79. The lowest BCUT2D eigenvalue weighted by molar-refractivity contribution is -0.359. The molecule has 0 radical (unpaired) electrons. The summed E-state index contributed by atoms with van der Waals surface area (Å²) in [6, 6.07) is -0.932. The summed E-state index contributed by atoms with van der Waals surface area (Å²) in [6.45, 7) is 2.86. The van der Waals surface area contributed by atoms with E-state index in [4.69, 9.17) is 18.9 Å². The molecule has 602 valence electrons. The molecule has 0 bridgehead atoms. The maximum absolute atomic E-state index is 13.4. The number of nitrogens with one attached hydrogen (secondary N) is 1. The number of rotatable bonds is 76. The van der Waals surface area contributed by atoms with Gasteiger partial charge in [-0.1, -0.05) is 397 Å². The first-order valence-corrected chi connectivity index (χ1v) is 44.2. The zero-order valence-corrected chi connectivity index (χ0v) is 66.4. The van der Waals surface area contributed by atoms with Crippen LogP contribution in [0.3, 0.4) is 0 Å². The largest absolute Gasteiger partial charge is 0.394 e. The number of carbonyl (C=O) groups is 1. The Balaban J connectivity index is 1.56. The van der Waals surface area contributed by atoms with Crippen molar-refractivity contribution >= 4 is 5.91 Å². The van der Waals surface area contributed by atoms with E-state index in [1.165, 1.54) is 360 Å². The summed E-state index contributed by atoms with van der Waals surface area (Å²) in [7, 11) is 0. The maximum atomic E-state index is 13.4. The van der Waals surface area contributed by atoms with Crippen molar-refractivity contribution < 1.29 is 64.6 Å². The third-order valence-corrected chi connectivity index (χ3v) is 21.8. The Bertz CT molecular complexity index is 1850. The summed E-state index contributed by atoms with van der Waals surface area (Å²) < 4.78 is 22.9. The molecular weight excluding hydrogens is 1280 g/mol. The van der Waals surface area contributed by atoms with Crippen molar-refractivity contribution in [2.45, 2.75) is 498 Å². The molecule has 2 aliphatic rings. The van der Waals surface area contributed by atoms with Gasteiger partial charge in [0.15, 0.2) is 12.6 Å². The van der Waals surface area contributed by atoms with Crippen LogP contribution in [0.2, 0.25) is 0 Å². The van der Waals surface area contributed by atoms with Gasteiger partial charge in [-0.2, -0.15) is 0 Å². The molecule has 1 amide bonds. The average Bonchev–Trinajstić information content (AvgIpc) is 0.790. The first kappa shape index (κ1) is 96.3. The van der Waals surface area contributed by atoms with Gasteiger partial charge in [0.2, 0.25) is 5.91 Å². The molecule has 0 aromatic heterocycles. The van der Waals surface area contributed by atoms with Crippen LogP contribution >= 0.6 is 0 Å². The zero-order valence-electron chi connectivity index (χ0n) is 66.4. The highest BCUT2D eigenvalue weighted by molar-refractivity contribution is 5.76. The van der Waals surface area contributed by atoms with Crippen LogP contribution in [0.25, 0.3) is 0 Å². The van der Waals surface area contributed by atoms with Crippen LogP contribution in [0.15, 0.2) is 36.5 Å². The van der Waals surface area contributed by atoms with E-state index < -0.39 is 86.8 Å². The van der Waals surface area contributed by atoms with Gasteiger partial charge in [-0.3, -0.25) is 4.79 Å². The van der Waals surface area contributed by atoms with E-state index in [-0.39, 0.29) is 18.9 Å². The molecular formula is C88H167NO13. The molecule has 102 heavy (non-hydrogen) atoms. The van der Waals surface area contributed by atoms with Crippen molar-refractivity contribution in [2.24, 2.45) is 0 Å². The van der Waals surface area contributed by atoms with Crippen LogP contribution in [0, 0.1) is 0 Å². The normalized spacial score (nSPS) is 21.7. The van der Waals surface area contributed by atoms with E-state index in [1.807, 2.05) is 6.08 Å². The highest BCUT2D eigenvalue weighted by Gasteiger charge is 2.51. The van der Waals surface area contributed by atoms with E-state index in [1.54, 1.807) is 6.08 Å². The number of aliphatic hydroxyl groups is 8. The molecule has 14 nitrogen and oxygen atoms in total. The number of unbranched alkanes of at least 4 members (excludes halogenated alkanes) is 59. The topological polar surface area (TPSA) is 228 Å². The third kappa shape index (κ3) is 53.9. The molecule has 14 heteroatoms. The zero-order chi connectivity index (χ0) is 73.7. The monoisotopic (exact) mass is 1450 g/mol. The summed E-state index contributed by atoms with van der Waals surface area (Å²) in [5.41, 5.74) is 0. The number of hydrogen-bond acceptors (Lipinski definition) is 13. The smallest absolute Gasteiger partial charge is 0.220 e. The van der Waals surface area contributed by atoms with Gasteiger partial charge in [0.1, 0.15) is 48.8 Å². The van der Waals surface area contributed by atoms with Crippen LogP contribution in [0.4, 0.5) is 0 Å². The van der Waals surface area contributed by atoms with Gasteiger partial charge in [0, 0.05) is 6.42 Å². The summed E-state index contributed by atoms with van der Waals surface area (Å²) >= 11 is 0. The summed E-state index contributed by atoms with van der Waals surface area (Å²) in [5, 5.41) is 87.8. The summed E-state index contributed by atoms with van der Waals surface area (Å²) in [4.78, 5) is 13.4. The molecule has 2 saturated heterocycles. The number of hydrogen-bond donors (Lipinski definition) is 9. The van der Waals surface area contributed by atoms with E-state index in [9.17, 15) is 45.6 Å². The molecule has 0 aromatic carbocycles. The number of ether oxygens (including phenoxy) is 4. The lowest BCUT2D eigenvalue weighted by Gasteiger charge is -2.46. The lowest BCUT2D eigenvalue weighted by atomic mass is 9.97. The Morgan fingerprint density at radius 1 is 0.343 bits per heavy atom. The molecule has 2 rings (SSSR count). The van der Waals surface area contributed by atoms with Crippen LogP contribution in [-0.2, 0) is 23.7 Å². The van der Waals surface area contributed by atoms with Gasteiger partial charge in [0.25, 0.3) is 0 Å². The Morgan fingerprint density at radius 3 is 0.961 bits per heavy atom. The van der Waals surface area contributed by atoms with Crippen molar-refractivity contribution in [3.8, 4) is 0 Å². The molecule has 2 fully saturated rings. The Morgan fingerprint density at radius 2 is 0.627 bits per heavy atom. The predicted molar refractivity (Wildman–Crippen MR) is 425 cm³/mol. The Kier molecular flexibility index (Phi) is 68.1. The van der Waals surface area contributed by atoms with E-state index in [2.05, 4.69) is 43.5 Å². The molecule has 0 saturated carbocycles. The fourth-order valence-corrected chi connectivity index (χ4v) is 14.8. The van der Waals surface area contributed by atoms with Gasteiger partial charge in [0.05, 0.1) is 32.0 Å². The van der Waals surface area contributed by atoms with Crippen LogP contribution < -0.4 is 5.32 Å². The van der Waals surface area contributed by atoms with Crippen molar-refractivity contribution in [3.63, 3.8) is 0 Å². The molecule has 0 aromatic rings. The highest BCUT2D eigenvalue weighted by Crippen LogP contribution is 2.31. The second kappa shape index (κ2) is 72.1. The van der Waals surface area contributed by atoms with Crippen LogP contribution in [0.1, 0.15) is 425 Å².